The van der Waals surface area contributed by atoms with Gasteiger partial charge in [0.25, 0.3) is 0 Å². The quantitative estimate of drug-likeness (QED) is 0.389. The van der Waals surface area contributed by atoms with E-state index in [0.717, 1.165) is 13.0 Å². The summed E-state index contributed by atoms with van der Waals surface area (Å²) >= 11 is 0. The molecular formula is C5H11N3O. The van der Waals surface area contributed by atoms with Gasteiger partial charge < -0.3 is 16.8 Å². The second kappa shape index (κ2) is 2.33. The minimum Gasteiger partial charge on any atom is -0.368 e. The second-order valence-electron chi connectivity index (χ2n) is 2.29. The lowest BCUT2D eigenvalue weighted by Gasteiger charge is -2.09. The van der Waals surface area contributed by atoms with Crippen LogP contribution < -0.4 is 16.8 Å². The van der Waals surface area contributed by atoms with Crippen LogP contribution in [0.25, 0.3) is 0 Å². The molecule has 0 aromatic carbocycles. The summed E-state index contributed by atoms with van der Waals surface area (Å²) in [7, 11) is 0. The first kappa shape index (κ1) is 6.51. The second-order valence-corrected chi connectivity index (χ2v) is 2.29. The highest BCUT2D eigenvalue weighted by atomic mass is 16.1. The van der Waals surface area contributed by atoms with Gasteiger partial charge in [-0.1, -0.05) is 0 Å². The molecule has 1 aliphatic heterocycles. The van der Waals surface area contributed by atoms with Crippen molar-refractivity contribution in [3.8, 4) is 0 Å². The Balaban J connectivity index is 2.49. The van der Waals surface area contributed by atoms with E-state index in [1.165, 1.54) is 0 Å². The largest absolute Gasteiger partial charge is 0.368 e. The number of rotatable bonds is 1. The smallest absolute Gasteiger partial charge is 0.236 e. The predicted octanol–water partition coefficient (Wildman–Crippen LogP) is -1.84. The minimum atomic E-state index is -0.347. The third kappa shape index (κ3) is 1.20. The Morgan fingerprint density at radius 2 is 2.33 bits per heavy atom. The molecule has 1 saturated heterocycles. The number of nitrogens with two attached hydrogens (primary N) is 2. The number of primary amides is 1. The summed E-state index contributed by atoms with van der Waals surface area (Å²) in [6.45, 7) is 0.800. The summed E-state index contributed by atoms with van der Waals surface area (Å²) in [4.78, 5) is 10.5. The van der Waals surface area contributed by atoms with Crippen molar-refractivity contribution in [1.82, 2.24) is 5.32 Å². The van der Waals surface area contributed by atoms with Crippen LogP contribution in [-0.4, -0.2) is 24.5 Å². The molecule has 9 heavy (non-hydrogen) atoms. The normalized spacial score (nSPS) is 34.8. The maximum atomic E-state index is 10.5. The molecule has 5 N–H and O–H groups in total. The molecule has 0 aromatic rings. The van der Waals surface area contributed by atoms with Gasteiger partial charge in [-0.3, -0.25) is 4.79 Å². The van der Waals surface area contributed by atoms with E-state index in [0.29, 0.717) is 0 Å². The van der Waals surface area contributed by atoms with Crippen LogP contribution in [0.2, 0.25) is 0 Å². The highest BCUT2D eigenvalue weighted by Crippen LogP contribution is 2.02. The summed E-state index contributed by atoms with van der Waals surface area (Å²) in [5.74, 6) is -0.347. The molecule has 0 aliphatic carbocycles. The number of hydrogen-bond donors (Lipinski definition) is 3. The zero-order valence-electron chi connectivity index (χ0n) is 5.13. The highest BCUT2D eigenvalue weighted by molar-refractivity contribution is 5.81. The Hall–Kier alpha value is -0.610. The number of carbonyl (C=O) groups excluding carboxylic acids is 1. The van der Waals surface area contributed by atoms with E-state index in [-0.39, 0.29) is 18.0 Å². The molecule has 0 unspecified atom stereocenters. The van der Waals surface area contributed by atoms with Gasteiger partial charge >= 0.3 is 0 Å². The maximum absolute atomic E-state index is 10.5. The van der Waals surface area contributed by atoms with Crippen molar-refractivity contribution in [2.24, 2.45) is 11.5 Å². The minimum absolute atomic E-state index is 0.0810. The van der Waals surface area contributed by atoms with Crippen molar-refractivity contribution < 1.29 is 4.79 Å². The fourth-order valence-electron chi connectivity index (χ4n) is 1.04. The summed E-state index contributed by atoms with van der Waals surface area (Å²) in [6, 6.07) is -0.382. The molecule has 1 amide bonds. The van der Waals surface area contributed by atoms with Gasteiger partial charge in [0.2, 0.25) is 5.91 Å². The van der Waals surface area contributed by atoms with Crippen molar-refractivity contribution in [3.63, 3.8) is 0 Å². The topological polar surface area (TPSA) is 81.1 Å². The molecule has 1 heterocycles. The fourth-order valence-corrected chi connectivity index (χ4v) is 1.04. The Kier molecular flexibility index (Phi) is 1.68. The van der Waals surface area contributed by atoms with Crippen molar-refractivity contribution in [2.75, 3.05) is 6.54 Å². The van der Waals surface area contributed by atoms with E-state index in [4.69, 9.17) is 11.5 Å². The lowest BCUT2D eigenvalue weighted by Crippen LogP contribution is -2.46. The zero-order valence-corrected chi connectivity index (χ0v) is 5.13. The summed E-state index contributed by atoms with van der Waals surface area (Å²) < 4.78 is 0. The van der Waals surface area contributed by atoms with Crippen LogP contribution in [0.3, 0.4) is 0 Å². The lowest BCUT2D eigenvalue weighted by atomic mass is 10.1. The van der Waals surface area contributed by atoms with Crippen LogP contribution in [-0.2, 0) is 4.79 Å². The van der Waals surface area contributed by atoms with E-state index in [9.17, 15) is 4.79 Å². The van der Waals surface area contributed by atoms with Gasteiger partial charge in [-0.05, 0) is 13.0 Å². The van der Waals surface area contributed by atoms with E-state index < -0.39 is 0 Å². The first-order valence-corrected chi connectivity index (χ1v) is 3.00. The van der Waals surface area contributed by atoms with E-state index in [1.807, 2.05) is 0 Å². The first-order chi connectivity index (χ1) is 4.22. The van der Waals surface area contributed by atoms with Crippen LogP contribution in [0.5, 0.6) is 0 Å². The van der Waals surface area contributed by atoms with Gasteiger partial charge in [-0.2, -0.15) is 0 Å². The molecule has 1 rings (SSSR count). The van der Waals surface area contributed by atoms with E-state index in [1.54, 1.807) is 0 Å². The average molecular weight is 129 g/mol. The molecule has 4 nitrogen and oxygen atoms in total. The summed E-state index contributed by atoms with van der Waals surface area (Å²) in [5, 5.41) is 2.91. The van der Waals surface area contributed by atoms with Gasteiger partial charge in [0.05, 0.1) is 0 Å². The molecule has 0 radical (unpaired) electrons. The number of amides is 1. The number of carbonyl (C=O) groups is 1. The molecule has 1 fully saturated rings. The van der Waals surface area contributed by atoms with Crippen LogP contribution >= 0.6 is 0 Å². The third-order valence-corrected chi connectivity index (χ3v) is 1.58. The molecular weight excluding hydrogens is 118 g/mol. The van der Waals surface area contributed by atoms with Gasteiger partial charge in [-0.25, -0.2) is 0 Å². The zero-order chi connectivity index (χ0) is 6.85. The third-order valence-electron chi connectivity index (χ3n) is 1.58. The molecule has 52 valence electrons. The molecule has 0 spiro atoms. The standard InChI is InChI=1S/C5H11N3O/c6-3-1-2-8-4(3)5(7)9/h3-4,8H,1-2,6H2,(H2,7,9)/t3-,4+/m1/s1. The maximum Gasteiger partial charge on any atom is 0.236 e. The SMILES string of the molecule is NC(=O)[C@H]1NCC[C@H]1N. The molecule has 2 atom stereocenters. The van der Waals surface area contributed by atoms with Gasteiger partial charge in [0, 0.05) is 6.04 Å². The Bertz CT molecular complexity index is 125. The fraction of sp³-hybridized carbons (Fsp3) is 0.800. The van der Waals surface area contributed by atoms with E-state index >= 15 is 0 Å². The van der Waals surface area contributed by atoms with Crippen molar-refractivity contribution in [3.05, 3.63) is 0 Å². The monoisotopic (exact) mass is 129 g/mol. The molecule has 0 bridgehead atoms. The Labute approximate surface area is 53.6 Å². The lowest BCUT2D eigenvalue weighted by molar-refractivity contribution is -0.119. The molecule has 0 aromatic heterocycles. The van der Waals surface area contributed by atoms with Gasteiger partial charge in [0.1, 0.15) is 6.04 Å². The van der Waals surface area contributed by atoms with E-state index in [2.05, 4.69) is 5.32 Å². The van der Waals surface area contributed by atoms with Gasteiger partial charge in [0.15, 0.2) is 0 Å². The number of hydrogen-bond acceptors (Lipinski definition) is 3. The van der Waals surface area contributed by atoms with Crippen LogP contribution in [0, 0.1) is 0 Å². The molecule has 1 aliphatic rings. The van der Waals surface area contributed by atoms with Crippen LogP contribution in [0.4, 0.5) is 0 Å². The number of nitrogens with one attached hydrogen (secondary N) is 1. The van der Waals surface area contributed by atoms with Crippen molar-refractivity contribution in [2.45, 2.75) is 18.5 Å². The molecule has 4 heteroatoms. The summed E-state index contributed by atoms with van der Waals surface area (Å²) in [5.41, 5.74) is 10.5. The predicted molar refractivity (Wildman–Crippen MR) is 33.6 cm³/mol. The van der Waals surface area contributed by atoms with Crippen molar-refractivity contribution in [1.29, 1.82) is 0 Å². The average Bonchev–Trinajstić information content (AvgIpc) is 2.13. The van der Waals surface area contributed by atoms with Crippen LogP contribution in [0.15, 0.2) is 0 Å². The first-order valence-electron chi connectivity index (χ1n) is 3.00. The Morgan fingerprint density at radius 3 is 2.56 bits per heavy atom. The highest BCUT2D eigenvalue weighted by Gasteiger charge is 2.27. The van der Waals surface area contributed by atoms with Gasteiger partial charge in [-0.15, -0.1) is 0 Å². The molecule has 0 saturated carbocycles. The Morgan fingerprint density at radius 1 is 1.67 bits per heavy atom. The van der Waals surface area contributed by atoms with Crippen molar-refractivity contribution >= 4 is 5.91 Å². The van der Waals surface area contributed by atoms with Crippen LogP contribution in [0.1, 0.15) is 6.42 Å². The summed E-state index contributed by atoms with van der Waals surface area (Å²) in [6.07, 6.45) is 0.841.